The molecule has 0 saturated carbocycles. The van der Waals surface area contributed by atoms with Crippen molar-refractivity contribution in [1.82, 2.24) is 20.0 Å². The summed E-state index contributed by atoms with van der Waals surface area (Å²) in [7, 11) is 0. The van der Waals surface area contributed by atoms with Gasteiger partial charge in [0.15, 0.2) is 0 Å². The lowest BCUT2D eigenvalue weighted by Gasteiger charge is -2.32. The van der Waals surface area contributed by atoms with Crippen LogP contribution in [0.5, 0.6) is 0 Å². The Kier molecular flexibility index (Phi) is 9.53. The summed E-state index contributed by atoms with van der Waals surface area (Å²) >= 11 is 0. The minimum atomic E-state index is -0.654. The quantitative estimate of drug-likeness (QED) is 0.177. The molecule has 3 aliphatic rings. The van der Waals surface area contributed by atoms with Gasteiger partial charge in [0.05, 0.1) is 0 Å². The lowest BCUT2D eigenvalue weighted by atomic mass is 10.0. The molecule has 1 aromatic carbocycles. The number of piperidine rings is 2. The van der Waals surface area contributed by atoms with Crippen LogP contribution in [0.2, 0.25) is 0 Å². The van der Waals surface area contributed by atoms with E-state index >= 15 is 0 Å². The van der Waals surface area contributed by atoms with E-state index < -0.39 is 17.6 Å². The van der Waals surface area contributed by atoms with Crippen molar-refractivity contribution in [1.29, 1.82) is 0 Å². The number of carbonyl (C=O) groups excluding carboxylic acids is 4. The van der Waals surface area contributed by atoms with E-state index in [2.05, 4.69) is 32.1 Å². The molecule has 0 radical (unpaired) electrons. The molecule has 4 rings (SSSR count). The molecule has 0 spiro atoms. The highest BCUT2D eigenvalue weighted by Gasteiger charge is 2.39. The Bertz CT molecular complexity index is 1300. The van der Waals surface area contributed by atoms with Gasteiger partial charge in [-0.25, -0.2) is 4.79 Å². The van der Waals surface area contributed by atoms with Crippen LogP contribution in [0.15, 0.2) is 23.3 Å². The molecule has 12 heteroatoms. The minimum absolute atomic E-state index is 0.0336. The van der Waals surface area contributed by atoms with E-state index in [-0.39, 0.29) is 30.4 Å². The van der Waals surface area contributed by atoms with Crippen molar-refractivity contribution in [2.45, 2.75) is 77.1 Å². The summed E-state index contributed by atoms with van der Waals surface area (Å²) in [6.45, 7) is 9.03. The number of fused-ring (bicyclic) bond motifs is 1. The van der Waals surface area contributed by atoms with Gasteiger partial charge in [0.1, 0.15) is 11.6 Å². The zero-order chi connectivity index (χ0) is 29.6. The lowest BCUT2D eigenvalue weighted by molar-refractivity contribution is -0.136. The molecule has 41 heavy (non-hydrogen) atoms. The first-order chi connectivity index (χ1) is 19.5. The molecule has 4 amide bonds. The summed E-state index contributed by atoms with van der Waals surface area (Å²) < 4.78 is 5.62. The molecule has 2 fully saturated rings. The van der Waals surface area contributed by atoms with Crippen molar-refractivity contribution in [2.24, 2.45) is 5.11 Å². The number of rotatable bonds is 7. The number of hydrogen-bond acceptors (Lipinski definition) is 7. The third-order valence-corrected chi connectivity index (χ3v) is 7.37. The second-order valence-corrected chi connectivity index (χ2v) is 11.6. The van der Waals surface area contributed by atoms with Gasteiger partial charge >= 0.3 is 6.09 Å². The highest BCUT2D eigenvalue weighted by atomic mass is 16.6. The van der Waals surface area contributed by atoms with Crippen LogP contribution >= 0.6 is 0 Å². The smallest absolute Gasteiger partial charge is 0.410 e. The standard InChI is InChI=1S/C29H37N7O5/c1-29(2,3)41-28(40)35(17-16-34-14-11-22(12-15-34)32-33-30)13-5-4-6-20-7-8-23-21(18-20)19-36(27(23)39)24-9-10-25(37)31-26(24)38/h7-8,18,22,24H,5,9-17,19H2,1-3H3,(H,31,37,38). The van der Waals surface area contributed by atoms with Crippen LogP contribution in [-0.2, 0) is 20.9 Å². The van der Waals surface area contributed by atoms with Gasteiger partial charge in [0.25, 0.3) is 5.91 Å². The van der Waals surface area contributed by atoms with Crippen LogP contribution in [0.4, 0.5) is 4.79 Å². The number of ether oxygens (including phenoxy) is 1. The van der Waals surface area contributed by atoms with Gasteiger partial charge in [0, 0.05) is 61.1 Å². The molecule has 12 nitrogen and oxygen atoms in total. The largest absolute Gasteiger partial charge is 0.444 e. The number of imide groups is 1. The van der Waals surface area contributed by atoms with Crippen LogP contribution in [0, 0.1) is 11.8 Å². The third-order valence-electron chi connectivity index (χ3n) is 7.37. The second kappa shape index (κ2) is 13.1. The Morgan fingerprint density at radius 2 is 1.95 bits per heavy atom. The molecule has 218 valence electrons. The van der Waals surface area contributed by atoms with E-state index in [0.29, 0.717) is 44.6 Å². The summed E-state index contributed by atoms with van der Waals surface area (Å²) in [5, 5.41) is 6.13. The Labute approximate surface area is 240 Å². The third kappa shape index (κ3) is 7.99. The zero-order valence-corrected chi connectivity index (χ0v) is 23.9. The van der Waals surface area contributed by atoms with Crippen molar-refractivity contribution in [3.63, 3.8) is 0 Å². The maximum atomic E-state index is 12.9. The van der Waals surface area contributed by atoms with Gasteiger partial charge in [0.2, 0.25) is 11.8 Å². The highest BCUT2D eigenvalue weighted by Crippen LogP contribution is 2.28. The zero-order valence-electron chi connectivity index (χ0n) is 23.9. The van der Waals surface area contributed by atoms with E-state index in [0.717, 1.165) is 37.1 Å². The predicted molar refractivity (Wildman–Crippen MR) is 150 cm³/mol. The van der Waals surface area contributed by atoms with E-state index in [9.17, 15) is 19.2 Å². The molecule has 0 aromatic heterocycles. The van der Waals surface area contributed by atoms with Gasteiger partial charge in [-0.2, -0.15) is 0 Å². The van der Waals surface area contributed by atoms with Gasteiger partial charge in [-0.05, 0) is 82.4 Å². The fraction of sp³-hybridized carbons (Fsp3) is 0.586. The number of benzene rings is 1. The second-order valence-electron chi connectivity index (χ2n) is 11.6. The maximum absolute atomic E-state index is 12.9. The van der Waals surface area contributed by atoms with E-state index in [1.165, 1.54) is 4.90 Å². The Balaban J connectivity index is 1.34. The lowest BCUT2D eigenvalue weighted by Crippen LogP contribution is -2.52. The highest BCUT2D eigenvalue weighted by molar-refractivity contribution is 6.05. The number of hydrogen-bond donors (Lipinski definition) is 1. The number of azide groups is 1. The molecule has 3 heterocycles. The first-order valence-electron chi connectivity index (χ1n) is 14.0. The average Bonchev–Trinajstić information content (AvgIpc) is 3.23. The molecule has 1 unspecified atom stereocenters. The van der Waals surface area contributed by atoms with Crippen molar-refractivity contribution >= 4 is 23.8 Å². The number of carbonyl (C=O) groups is 4. The molecule has 0 bridgehead atoms. The Morgan fingerprint density at radius 3 is 2.63 bits per heavy atom. The number of likely N-dealkylation sites (tertiary alicyclic amines) is 1. The maximum Gasteiger partial charge on any atom is 0.410 e. The van der Waals surface area contributed by atoms with Crippen LogP contribution in [0.3, 0.4) is 0 Å². The van der Waals surface area contributed by atoms with Crippen LogP contribution < -0.4 is 5.32 Å². The minimum Gasteiger partial charge on any atom is -0.444 e. The topological polar surface area (TPSA) is 148 Å². The summed E-state index contributed by atoms with van der Waals surface area (Å²) in [5.41, 5.74) is 10.1. The number of nitrogens with one attached hydrogen (secondary N) is 1. The molecular weight excluding hydrogens is 526 g/mol. The monoisotopic (exact) mass is 563 g/mol. The Hall–Kier alpha value is -4.07. The van der Waals surface area contributed by atoms with Gasteiger partial charge in [-0.3, -0.25) is 19.7 Å². The van der Waals surface area contributed by atoms with Gasteiger partial charge < -0.3 is 19.4 Å². The normalized spacial score (nSPS) is 19.5. The first kappa shape index (κ1) is 29.9. The van der Waals surface area contributed by atoms with Crippen molar-refractivity contribution < 1.29 is 23.9 Å². The van der Waals surface area contributed by atoms with Crippen molar-refractivity contribution in [3.05, 3.63) is 45.3 Å². The molecule has 3 aliphatic heterocycles. The van der Waals surface area contributed by atoms with Crippen LogP contribution in [0.1, 0.15) is 74.4 Å². The Morgan fingerprint density at radius 1 is 1.20 bits per heavy atom. The van der Waals surface area contributed by atoms with E-state index in [1.807, 2.05) is 26.8 Å². The van der Waals surface area contributed by atoms with Gasteiger partial charge in [-0.1, -0.05) is 17.0 Å². The summed E-state index contributed by atoms with van der Waals surface area (Å²) in [6, 6.07) is 4.75. The SMILES string of the molecule is CC(C)(C)OC(=O)N(CCC#Cc1ccc2c(c1)CN(C1CCC(=O)NC1=O)C2=O)CCN1CCC(N=[N+]=[N-])CC1. The molecular formula is C29H37N7O5. The summed E-state index contributed by atoms with van der Waals surface area (Å²) in [4.78, 5) is 57.9. The fourth-order valence-corrected chi connectivity index (χ4v) is 5.22. The van der Waals surface area contributed by atoms with Crippen LogP contribution in [-0.4, -0.2) is 88.9 Å². The molecule has 0 aliphatic carbocycles. The van der Waals surface area contributed by atoms with Crippen LogP contribution in [0.25, 0.3) is 10.4 Å². The number of nitrogens with zero attached hydrogens (tertiary/aromatic N) is 6. The van der Waals surface area contributed by atoms with Crippen molar-refractivity contribution in [3.8, 4) is 11.8 Å². The predicted octanol–water partition coefficient (Wildman–Crippen LogP) is 3.20. The molecule has 1 atom stereocenters. The number of amides is 4. The summed E-state index contributed by atoms with van der Waals surface area (Å²) in [6.07, 6.45) is 2.20. The molecule has 1 aromatic rings. The molecule has 2 saturated heterocycles. The van der Waals surface area contributed by atoms with E-state index in [1.54, 1.807) is 17.0 Å². The van der Waals surface area contributed by atoms with Gasteiger partial charge in [-0.15, -0.1) is 0 Å². The fourth-order valence-electron chi connectivity index (χ4n) is 5.22. The van der Waals surface area contributed by atoms with Crippen molar-refractivity contribution in [2.75, 3.05) is 32.7 Å². The molecule has 1 N–H and O–H groups in total. The first-order valence-corrected chi connectivity index (χ1v) is 14.0. The van der Waals surface area contributed by atoms with E-state index in [4.69, 9.17) is 10.3 Å². The summed E-state index contributed by atoms with van der Waals surface area (Å²) in [5.74, 6) is 5.30. The average molecular weight is 564 g/mol.